The van der Waals surface area contributed by atoms with Gasteiger partial charge in [0.1, 0.15) is 19.0 Å². The maximum absolute atomic E-state index is 12.6. The standard InChI is InChI=1S/C27H31N3O6/c1-34-20-5-3-19-4-7-26(31)30(23(19)15-20)11-10-29-9-8-22(21(17-29)27(32)33)28-16-18-2-6-24-25(14-18)36-13-12-35-24/h2-7,14-15,21-22,28H,8-13,16-17H2,1H3,(H,32,33). The second kappa shape index (κ2) is 10.6. The molecule has 3 aromatic rings. The number of nitrogens with zero attached hydrogens (tertiary/aromatic N) is 2. The summed E-state index contributed by atoms with van der Waals surface area (Å²) in [4.78, 5) is 26.9. The highest BCUT2D eigenvalue weighted by Gasteiger charge is 2.34. The molecule has 1 aromatic heterocycles. The Balaban J connectivity index is 1.22. The molecular weight excluding hydrogens is 462 g/mol. The number of methoxy groups -OCH3 is 1. The van der Waals surface area contributed by atoms with Crippen LogP contribution in [-0.4, -0.2) is 66.5 Å². The first-order valence-corrected chi connectivity index (χ1v) is 12.3. The van der Waals surface area contributed by atoms with E-state index in [0.29, 0.717) is 51.6 Å². The summed E-state index contributed by atoms with van der Waals surface area (Å²) in [6, 6.07) is 14.7. The number of piperidine rings is 1. The van der Waals surface area contributed by atoms with Gasteiger partial charge in [0.05, 0.1) is 18.5 Å². The summed E-state index contributed by atoms with van der Waals surface area (Å²) in [6.07, 6.45) is 0.708. The van der Waals surface area contributed by atoms with Gasteiger partial charge in [-0.15, -0.1) is 0 Å². The summed E-state index contributed by atoms with van der Waals surface area (Å²) in [7, 11) is 1.60. The molecule has 0 radical (unpaired) electrons. The number of likely N-dealkylation sites (tertiary alicyclic amines) is 1. The predicted molar refractivity (Wildman–Crippen MR) is 135 cm³/mol. The molecule has 2 atom stereocenters. The van der Waals surface area contributed by atoms with Crippen molar-refractivity contribution in [3.8, 4) is 17.2 Å². The van der Waals surface area contributed by atoms with Gasteiger partial charge in [-0.2, -0.15) is 0 Å². The van der Waals surface area contributed by atoms with Crippen LogP contribution in [0.3, 0.4) is 0 Å². The fourth-order valence-electron chi connectivity index (χ4n) is 5.03. The third-order valence-corrected chi connectivity index (χ3v) is 7.03. The minimum atomic E-state index is -0.813. The zero-order valence-corrected chi connectivity index (χ0v) is 20.3. The van der Waals surface area contributed by atoms with Crippen molar-refractivity contribution in [3.63, 3.8) is 0 Å². The van der Waals surface area contributed by atoms with E-state index < -0.39 is 11.9 Å². The Morgan fingerprint density at radius 3 is 2.69 bits per heavy atom. The molecule has 2 aromatic carbocycles. The molecule has 0 saturated carbocycles. The van der Waals surface area contributed by atoms with Gasteiger partial charge >= 0.3 is 5.97 Å². The number of carbonyl (C=O) groups is 1. The number of aliphatic carboxylic acids is 1. The summed E-state index contributed by atoms with van der Waals surface area (Å²) in [5.41, 5.74) is 1.76. The van der Waals surface area contributed by atoms with Crippen LogP contribution in [0.2, 0.25) is 0 Å². The minimum absolute atomic E-state index is 0.0819. The summed E-state index contributed by atoms with van der Waals surface area (Å²) < 4.78 is 18.3. The molecule has 9 heteroatoms. The second-order valence-electron chi connectivity index (χ2n) is 9.25. The van der Waals surface area contributed by atoms with Crippen LogP contribution in [0.4, 0.5) is 0 Å². The van der Waals surface area contributed by atoms with Crippen molar-refractivity contribution in [1.29, 1.82) is 0 Å². The maximum atomic E-state index is 12.6. The van der Waals surface area contributed by atoms with Crippen LogP contribution < -0.4 is 25.1 Å². The van der Waals surface area contributed by atoms with Gasteiger partial charge in [0.2, 0.25) is 0 Å². The van der Waals surface area contributed by atoms with Crippen LogP contribution in [0, 0.1) is 5.92 Å². The Bertz CT molecular complexity index is 1310. The lowest BCUT2D eigenvalue weighted by Gasteiger charge is -2.37. The Kier molecular flexibility index (Phi) is 7.11. The smallest absolute Gasteiger partial charge is 0.309 e. The SMILES string of the molecule is COc1ccc2ccc(=O)n(CCN3CCC(NCc4ccc5c(c4)OCCO5)C(C(=O)O)C3)c2c1. The van der Waals surface area contributed by atoms with E-state index in [9.17, 15) is 14.7 Å². The third kappa shape index (κ3) is 5.17. The Morgan fingerprint density at radius 1 is 1.08 bits per heavy atom. The van der Waals surface area contributed by atoms with Crippen LogP contribution in [-0.2, 0) is 17.9 Å². The summed E-state index contributed by atoms with van der Waals surface area (Å²) in [5.74, 6) is 0.807. The molecular formula is C27H31N3O6. The molecule has 36 heavy (non-hydrogen) atoms. The molecule has 3 heterocycles. The topological polar surface area (TPSA) is 102 Å². The predicted octanol–water partition coefficient (Wildman–Crippen LogP) is 2.35. The quantitative estimate of drug-likeness (QED) is 0.493. The highest BCUT2D eigenvalue weighted by molar-refractivity contribution is 5.80. The van der Waals surface area contributed by atoms with Crippen molar-refractivity contribution < 1.29 is 24.1 Å². The molecule has 190 valence electrons. The lowest BCUT2D eigenvalue weighted by Crippen LogP contribution is -2.52. The van der Waals surface area contributed by atoms with Gasteiger partial charge in [0, 0.05) is 44.4 Å². The molecule has 9 nitrogen and oxygen atoms in total. The van der Waals surface area contributed by atoms with Crippen molar-refractivity contribution in [2.75, 3.05) is 40.0 Å². The first-order chi connectivity index (χ1) is 17.5. The van der Waals surface area contributed by atoms with E-state index in [0.717, 1.165) is 34.5 Å². The summed E-state index contributed by atoms with van der Waals surface area (Å²) in [6.45, 7) is 3.88. The Labute approximate surface area is 209 Å². The number of rotatable bonds is 8. The average molecular weight is 494 g/mol. The van der Waals surface area contributed by atoms with E-state index in [4.69, 9.17) is 14.2 Å². The van der Waals surface area contributed by atoms with Crippen molar-refractivity contribution in [1.82, 2.24) is 14.8 Å². The Morgan fingerprint density at radius 2 is 1.89 bits per heavy atom. The first-order valence-electron chi connectivity index (χ1n) is 12.3. The molecule has 2 unspecified atom stereocenters. The molecule has 0 amide bonds. The zero-order valence-electron chi connectivity index (χ0n) is 20.3. The second-order valence-corrected chi connectivity index (χ2v) is 9.25. The van der Waals surface area contributed by atoms with E-state index in [1.54, 1.807) is 17.7 Å². The highest BCUT2D eigenvalue weighted by atomic mass is 16.6. The molecule has 0 aliphatic carbocycles. The van der Waals surface area contributed by atoms with E-state index >= 15 is 0 Å². The van der Waals surface area contributed by atoms with E-state index in [-0.39, 0.29) is 11.6 Å². The number of fused-ring (bicyclic) bond motifs is 2. The highest BCUT2D eigenvalue weighted by Crippen LogP contribution is 2.31. The van der Waals surface area contributed by atoms with Crippen molar-refractivity contribution in [3.05, 3.63) is 64.4 Å². The number of benzene rings is 2. The van der Waals surface area contributed by atoms with E-state index in [2.05, 4.69) is 10.2 Å². The van der Waals surface area contributed by atoms with Crippen LogP contribution in [0.5, 0.6) is 17.2 Å². The number of ether oxygens (including phenoxy) is 3. The monoisotopic (exact) mass is 493 g/mol. The van der Waals surface area contributed by atoms with Crippen LogP contribution in [0.15, 0.2) is 53.3 Å². The Hall–Kier alpha value is -3.56. The number of hydrogen-bond acceptors (Lipinski definition) is 7. The van der Waals surface area contributed by atoms with Crippen LogP contribution >= 0.6 is 0 Å². The number of carboxylic acid groups (broad SMARTS) is 1. The fourth-order valence-corrected chi connectivity index (χ4v) is 5.03. The molecule has 2 aliphatic heterocycles. The van der Waals surface area contributed by atoms with Crippen LogP contribution in [0.1, 0.15) is 12.0 Å². The first kappa shape index (κ1) is 24.1. The van der Waals surface area contributed by atoms with Gasteiger partial charge in [-0.05, 0) is 54.2 Å². The number of aromatic nitrogens is 1. The molecule has 2 N–H and O–H groups in total. The van der Waals surface area contributed by atoms with Crippen molar-refractivity contribution >= 4 is 16.9 Å². The average Bonchev–Trinajstić information content (AvgIpc) is 2.91. The minimum Gasteiger partial charge on any atom is -0.497 e. The lowest BCUT2D eigenvalue weighted by atomic mass is 9.92. The number of hydrogen-bond donors (Lipinski definition) is 2. The normalized spacial score (nSPS) is 19.8. The van der Waals surface area contributed by atoms with E-state index in [1.165, 1.54) is 0 Å². The molecule has 0 spiro atoms. The molecule has 1 saturated heterocycles. The third-order valence-electron chi connectivity index (χ3n) is 7.03. The van der Waals surface area contributed by atoms with Crippen LogP contribution in [0.25, 0.3) is 10.9 Å². The van der Waals surface area contributed by atoms with Crippen molar-refractivity contribution in [2.45, 2.75) is 25.6 Å². The fraction of sp³-hybridized carbons (Fsp3) is 0.407. The van der Waals surface area contributed by atoms with Gasteiger partial charge in [0.25, 0.3) is 5.56 Å². The molecule has 1 fully saturated rings. The molecule has 0 bridgehead atoms. The maximum Gasteiger partial charge on any atom is 0.309 e. The largest absolute Gasteiger partial charge is 0.497 e. The zero-order chi connectivity index (χ0) is 25.1. The van der Waals surface area contributed by atoms with Gasteiger partial charge in [-0.25, -0.2) is 0 Å². The number of nitrogens with one attached hydrogen (secondary N) is 1. The van der Waals surface area contributed by atoms with Gasteiger partial charge in [0.15, 0.2) is 11.5 Å². The van der Waals surface area contributed by atoms with E-state index in [1.807, 2.05) is 42.5 Å². The summed E-state index contributed by atoms with van der Waals surface area (Å²) in [5, 5.41) is 14.3. The van der Waals surface area contributed by atoms with Gasteiger partial charge < -0.3 is 34.1 Å². The number of carboxylic acids is 1. The number of pyridine rings is 1. The lowest BCUT2D eigenvalue weighted by molar-refractivity contribution is -0.144. The van der Waals surface area contributed by atoms with Gasteiger partial charge in [-0.1, -0.05) is 6.07 Å². The summed E-state index contributed by atoms with van der Waals surface area (Å²) >= 11 is 0. The molecule has 5 rings (SSSR count). The molecule has 2 aliphatic rings. The van der Waals surface area contributed by atoms with Crippen molar-refractivity contribution in [2.24, 2.45) is 5.92 Å². The van der Waals surface area contributed by atoms with Gasteiger partial charge in [-0.3, -0.25) is 9.59 Å².